The number of amides is 2. The Bertz CT molecular complexity index is 667. The molecule has 1 aromatic carbocycles. The Morgan fingerprint density at radius 1 is 1.32 bits per heavy atom. The van der Waals surface area contributed by atoms with Crippen molar-refractivity contribution in [2.45, 2.75) is 6.92 Å². The number of benzene rings is 1. The summed E-state index contributed by atoms with van der Waals surface area (Å²) in [7, 11) is 0. The van der Waals surface area contributed by atoms with Crippen LogP contribution < -0.4 is 10.6 Å². The zero-order valence-corrected chi connectivity index (χ0v) is 12.9. The highest BCUT2D eigenvalue weighted by Gasteiger charge is 2.26. The number of aliphatic imine (C=N–C) groups is 1. The molecule has 7 heteroatoms. The van der Waals surface area contributed by atoms with Crippen LogP contribution in [0, 0.1) is 0 Å². The van der Waals surface area contributed by atoms with Gasteiger partial charge in [-0.1, -0.05) is 23.9 Å². The summed E-state index contributed by atoms with van der Waals surface area (Å²) in [6, 6.07) is 7.67. The zero-order valence-electron chi connectivity index (χ0n) is 12.1. The summed E-state index contributed by atoms with van der Waals surface area (Å²) in [5.41, 5.74) is 2.96. The predicted octanol–water partition coefficient (Wildman–Crippen LogP) is 1.48. The van der Waals surface area contributed by atoms with Crippen LogP contribution in [-0.2, 0) is 9.59 Å². The van der Waals surface area contributed by atoms with E-state index in [0.29, 0.717) is 5.69 Å². The minimum Gasteiger partial charge on any atom is -0.347 e. The fraction of sp³-hybridized carbons (Fsp3) is 0.267. The number of carbonyl (C=O) groups is 2. The summed E-state index contributed by atoms with van der Waals surface area (Å²) >= 11 is 1.64. The molecule has 0 radical (unpaired) electrons. The number of nitrogens with zero attached hydrogens (tertiary/aromatic N) is 2. The van der Waals surface area contributed by atoms with Gasteiger partial charge in [0.1, 0.15) is 0 Å². The molecule has 0 unspecified atom stereocenters. The van der Waals surface area contributed by atoms with Crippen molar-refractivity contribution < 1.29 is 9.59 Å². The van der Waals surface area contributed by atoms with Crippen LogP contribution >= 0.6 is 11.8 Å². The van der Waals surface area contributed by atoms with Crippen molar-refractivity contribution in [3.05, 3.63) is 35.2 Å². The lowest BCUT2D eigenvalue weighted by Gasteiger charge is -2.16. The number of thioether (sulfide) groups is 1. The van der Waals surface area contributed by atoms with Crippen LogP contribution in [0.5, 0.6) is 0 Å². The van der Waals surface area contributed by atoms with Gasteiger partial charge in [-0.25, -0.2) is 0 Å². The van der Waals surface area contributed by atoms with Crippen LogP contribution in [-0.4, -0.2) is 41.5 Å². The Hall–Kier alpha value is -2.28. The van der Waals surface area contributed by atoms with Crippen LogP contribution in [0.4, 0.5) is 5.69 Å². The molecule has 0 aromatic heterocycles. The van der Waals surface area contributed by atoms with Gasteiger partial charge in [0.15, 0.2) is 5.17 Å². The van der Waals surface area contributed by atoms with Gasteiger partial charge in [0.05, 0.1) is 18.8 Å². The van der Waals surface area contributed by atoms with Crippen molar-refractivity contribution in [2.24, 2.45) is 4.99 Å². The largest absolute Gasteiger partial charge is 0.347 e. The number of amidine groups is 1. The molecule has 0 spiro atoms. The molecule has 6 nitrogen and oxygen atoms in total. The van der Waals surface area contributed by atoms with Crippen molar-refractivity contribution in [2.75, 3.05) is 25.0 Å². The Morgan fingerprint density at radius 2 is 2.09 bits per heavy atom. The van der Waals surface area contributed by atoms with E-state index in [1.807, 2.05) is 24.3 Å². The summed E-state index contributed by atoms with van der Waals surface area (Å²) in [5.74, 6) is -0.466. The lowest BCUT2D eigenvalue weighted by molar-refractivity contribution is -0.122. The average Bonchev–Trinajstić information content (AvgIpc) is 3.09. The van der Waals surface area contributed by atoms with Crippen LogP contribution in [0.3, 0.4) is 0 Å². The fourth-order valence-electron chi connectivity index (χ4n) is 2.28. The first-order chi connectivity index (χ1) is 10.6. The molecule has 0 saturated heterocycles. The number of nitrogens with one attached hydrogen (secondary N) is 2. The van der Waals surface area contributed by atoms with Gasteiger partial charge in [0.25, 0.3) is 0 Å². The van der Waals surface area contributed by atoms with Gasteiger partial charge in [-0.15, -0.1) is 0 Å². The molecule has 2 amide bonds. The Labute approximate surface area is 132 Å². The zero-order chi connectivity index (χ0) is 15.5. The Balaban J connectivity index is 1.62. The highest BCUT2D eigenvalue weighted by atomic mass is 32.2. The molecule has 2 heterocycles. The van der Waals surface area contributed by atoms with E-state index in [0.717, 1.165) is 29.5 Å². The first-order valence-corrected chi connectivity index (χ1v) is 7.85. The molecule has 114 valence electrons. The molecule has 3 rings (SSSR count). The number of anilines is 1. The second kappa shape index (κ2) is 6.23. The molecule has 0 fully saturated rings. The summed E-state index contributed by atoms with van der Waals surface area (Å²) < 4.78 is 0. The molecule has 2 N–H and O–H groups in total. The molecule has 22 heavy (non-hydrogen) atoms. The van der Waals surface area contributed by atoms with E-state index in [4.69, 9.17) is 0 Å². The van der Waals surface area contributed by atoms with E-state index < -0.39 is 0 Å². The van der Waals surface area contributed by atoms with E-state index in [1.54, 1.807) is 11.8 Å². The molecular formula is C15H16N4O2S. The molecule has 0 atom stereocenters. The van der Waals surface area contributed by atoms with Crippen LogP contribution in [0.25, 0.3) is 5.70 Å². The number of hydrogen-bond donors (Lipinski definition) is 2. The monoisotopic (exact) mass is 316 g/mol. The third-order valence-electron chi connectivity index (χ3n) is 3.33. The van der Waals surface area contributed by atoms with Crippen LogP contribution in [0.1, 0.15) is 12.5 Å². The lowest BCUT2D eigenvalue weighted by atomic mass is 10.1. The SMILES string of the molecule is CC(=O)NCC(=O)Nc1ccc(C2=CSC3=NCCN23)cc1. The molecule has 0 bridgehead atoms. The van der Waals surface area contributed by atoms with Gasteiger partial charge < -0.3 is 15.5 Å². The van der Waals surface area contributed by atoms with Crippen molar-refractivity contribution in [3.8, 4) is 0 Å². The highest BCUT2D eigenvalue weighted by Crippen LogP contribution is 2.35. The molecule has 2 aliphatic heterocycles. The number of rotatable bonds is 4. The third-order valence-corrected chi connectivity index (χ3v) is 4.23. The third kappa shape index (κ3) is 3.14. The van der Waals surface area contributed by atoms with E-state index in [1.165, 1.54) is 6.92 Å². The normalized spacial score (nSPS) is 16.0. The van der Waals surface area contributed by atoms with Gasteiger partial charge in [-0.05, 0) is 17.7 Å². The summed E-state index contributed by atoms with van der Waals surface area (Å²) in [6.45, 7) is 3.12. The maximum Gasteiger partial charge on any atom is 0.243 e. The second-order valence-electron chi connectivity index (χ2n) is 4.97. The lowest BCUT2D eigenvalue weighted by Crippen LogP contribution is -2.31. The maximum atomic E-state index is 11.6. The number of hydrogen-bond acceptors (Lipinski definition) is 5. The van der Waals surface area contributed by atoms with Crippen molar-refractivity contribution in [3.63, 3.8) is 0 Å². The Morgan fingerprint density at radius 3 is 2.82 bits per heavy atom. The minimum atomic E-state index is -0.243. The quantitative estimate of drug-likeness (QED) is 0.882. The van der Waals surface area contributed by atoms with E-state index in [9.17, 15) is 9.59 Å². The standard InChI is InChI=1S/C15H16N4O2S/c1-10(20)17-8-14(21)18-12-4-2-11(3-5-12)13-9-22-15-16-6-7-19(13)15/h2-5,9H,6-8H2,1H3,(H,17,20)(H,18,21). The number of carbonyl (C=O) groups excluding carboxylic acids is 2. The molecule has 1 aromatic rings. The average molecular weight is 316 g/mol. The van der Waals surface area contributed by atoms with Crippen molar-refractivity contribution >= 4 is 40.1 Å². The smallest absolute Gasteiger partial charge is 0.243 e. The predicted molar refractivity (Wildman–Crippen MR) is 88.3 cm³/mol. The minimum absolute atomic E-state index is 0.0213. The van der Waals surface area contributed by atoms with Crippen molar-refractivity contribution in [1.82, 2.24) is 10.2 Å². The van der Waals surface area contributed by atoms with Gasteiger partial charge >= 0.3 is 0 Å². The topological polar surface area (TPSA) is 73.8 Å². The molecular weight excluding hydrogens is 300 g/mol. The highest BCUT2D eigenvalue weighted by molar-refractivity contribution is 8.16. The maximum absolute atomic E-state index is 11.6. The summed E-state index contributed by atoms with van der Waals surface area (Å²) in [5, 5.41) is 8.37. The second-order valence-corrected chi connectivity index (χ2v) is 5.81. The summed E-state index contributed by atoms with van der Waals surface area (Å²) in [6.07, 6.45) is 0. The van der Waals surface area contributed by atoms with Crippen molar-refractivity contribution in [1.29, 1.82) is 0 Å². The van der Waals surface area contributed by atoms with E-state index in [2.05, 4.69) is 25.9 Å². The van der Waals surface area contributed by atoms with E-state index in [-0.39, 0.29) is 18.4 Å². The first kappa shape index (κ1) is 14.6. The Kier molecular flexibility index (Phi) is 4.15. The number of fused-ring (bicyclic) bond motifs is 1. The molecule has 2 aliphatic rings. The van der Waals surface area contributed by atoms with Gasteiger partial charge in [0.2, 0.25) is 11.8 Å². The van der Waals surface area contributed by atoms with Crippen LogP contribution in [0.2, 0.25) is 0 Å². The summed E-state index contributed by atoms with van der Waals surface area (Å²) in [4.78, 5) is 29.0. The first-order valence-electron chi connectivity index (χ1n) is 6.97. The van der Waals surface area contributed by atoms with Gasteiger partial charge in [0, 0.05) is 24.6 Å². The molecule has 0 saturated carbocycles. The molecule has 0 aliphatic carbocycles. The van der Waals surface area contributed by atoms with Gasteiger partial charge in [-0.3, -0.25) is 14.6 Å². The fourth-order valence-corrected chi connectivity index (χ4v) is 3.24. The van der Waals surface area contributed by atoms with E-state index >= 15 is 0 Å². The van der Waals surface area contributed by atoms with Crippen LogP contribution in [0.15, 0.2) is 34.7 Å². The van der Waals surface area contributed by atoms with Gasteiger partial charge in [-0.2, -0.15) is 0 Å².